The highest BCUT2D eigenvalue weighted by atomic mass is 16.1. The molecule has 0 aromatic carbocycles. The summed E-state index contributed by atoms with van der Waals surface area (Å²) >= 11 is 0. The van der Waals surface area contributed by atoms with Crippen LogP contribution in [-0.4, -0.2) is 37.0 Å². The summed E-state index contributed by atoms with van der Waals surface area (Å²) in [7, 11) is 2.15. The molecule has 0 aliphatic carbocycles. The fraction of sp³-hybridized carbons (Fsp3) is 0.944. The Bertz CT molecular complexity index is 260. The number of hydrogen-bond acceptors (Lipinski definition) is 2. The second-order valence-corrected chi connectivity index (χ2v) is 6.72. The summed E-state index contributed by atoms with van der Waals surface area (Å²) in [5, 5.41) is 3.20. The van der Waals surface area contributed by atoms with Gasteiger partial charge in [-0.3, -0.25) is 4.79 Å². The molecule has 1 fully saturated rings. The first-order valence-corrected chi connectivity index (χ1v) is 9.20. The van der Waals surface area contributed by atoms with Crippen molar-refractivity contribution in [2.45, 2.75) is 90.0 Å². The van der Waals surface area contributed by atoms with Gasteiger partial charge in [0.25, 0.3) is 0 Å². The summed E-state index contributed by atoms with van der Waals surface area (Å²) in [5.41, 5.74) is 0. The SMILES string of the molecule is CCCCCCCCCCCC(=O)NC1CCN(C)CC1. The fourth-order valence-electron chi connectivity index (χ4n) is 3.05. The quantitative estimate of drug-likeness (QED) is 0.582. The smallest absolute Gasteiger partial charge is 0.220 e. The van der Waals surface area contributed by atoms with Gasteiger partial charge < -0.3 is 10.2 Å². The Kier molecular flexibility index (Phi) is 10.6. The van der Waals surface area contributed by atoms with Crippen LogP contribution < -0.4 is 5.32 Å². The minimum atomic E-state index is 0.271. The van der Waals surface area contributed by atoms with Gasteiger partial charge in [0.05, 0.1) is 0 Å². The molecule has 124 valence electrons. The first-order valence-electron chi connectivity index (χ1n) is 9.20. The van der Waals surface area contributed by atoms with E-state index >= 15 is 0 Å². The van der Waals surface area contributed by atoms with Gasteiger partial charge >= 0.3 is 0 Å². The number of likely N-dealkylation sites (tertiary alicyclic amines) is 1. The molecular weight excluding hydrogens is 260 g/mol. The van der Waals surface area contributed by atoms with E-state index in [2.05, 4.69) is 24.2 Å². The van der Waals surface area contributed by atoms with Gasteiger partial charge in [-0.05, 0) is 39.4 Å². The molecule has 0 saturated carbocycles. The van der Waals surface area contributed by atoms with E-state index in [9.17, 15) is 4.79 Å². The lowest BCUT2D eigenvalue weighted by Crippen LogP contribution is -2.43. The summed E-state index contributed by atoms with van der Waals surface area (Å²) < 4.78 is 0. The van der Waals surface area contributed by atoms with E-state index in [0.29, 0.717) is 6.04 Å². The van der Waals surface area contributed by atoms with Crippen molar-refractivity contribution in [1.29, 1.82) is 0 Å². The third-order valence-electron chi connectivity index (χ3n) is 4.59. The Morgan fingerprint density at radius 1 is 0.952 bits per heavy atom. The number of carbonyl (C=O) groups excluding carboxylic acids is 1. The van der Waals surface area contributed by atoms with E-state index < -0.39 is 0 Å². The lowest BCUT2D eigenvalue weighted by molar-refractivity contribution is -0.122. The number of piperidine rings is 1. The van der Waals surface area contributed by atoms with Crippen LogP contribution in [0, 0.1) is 0 Å². The highest BCUT2D eigenvalue weighted by molar-refractivity contribution is 5.76. The minimum Gasteiger partial charge on any atom is -0.353 e. The molecule has 1 rings (SSSR count). The van der Waals surface area contributed by atoms with Crippen LogP contribution in [-0.2, 0) is 4.79 Å². The highest BCUT2D eigenvalue weighted by Crippen LogP contribution is 2.11. The van der Waals surface area contributed by atoms with Gasteiger partial charge in [0.15, 0.2) is 0 Å². The molecule has 0 aromatic heterocycles. The van der Waals surface area contributed by atoms with Crippen molar-refractivity contribution >= 4 is 5.91 Å². The van der Waals surface area contributed by atoms with Crippen LogP contribution in [0.4, 0.5) is 0 Å². The first-order chi connectivity index (χ1) is 10.2. The number of hydrogen-bond donors (Lipinski definition) is 1. The first kappa shape index (κ1) is 18.5. The molecule has 0 atom stereocenters. The molecule has 1 heterocycles. The predicted molar refractivity (Wildman–Crippen MR) is 90.5 cm³/mol. The number of nitrogens with zero attached hydrogens (tertiary/aromatic N) is 1. The summed E-state index contributed by atoms with van der Waals surface area (Å²) in [6.45, 7) is 4.49. The van der Waals surface area contributed by atoms with Gasteiger partial charge in [-0.2, -0.15) is 0 Å². The second kappa shape index (κ2) is 12.0. The zero-order valence-corrected chi connectivity index (χ0v) is 14.3. The molecule has 1 amide bonds. The molecule has 0 spiro atoms. The summed E-state index contributed by atoms with van der Waals surface area (Å²) in [5.74, 6) is 0.271. The highest BCUT2D eigenvalue weighted by Gasteiger charge is 2.17. The van der Waals surface area contributed by atoms with Gasteiger partial charge in [-0.25, -0.2) is 0 Å². The Balaban J connectivity index is 1.87. The topological polar surface area (TPSA) is 32.3 Å². The molecule has 0 bridgehead atoms. The van der Waals surface area contributed by atoms with E-state index in [-0.39, 0.29) is 5.91 Å². The molecule has 21 heavy (non-hydrogen) atoms. The van der Waals surface area contributed by atoms with Crippen molar-refractivity contribution in [2.24, 2.45) is 0 Å². The molecular formula is C18H36N2O. The average molecular weight is 296 g/mol. The van der Waals surface area contributed by atoms with Crippen LogP contribution in [0.3, 0.4) is 0 Å². The van der Waals surface area contributed by atoms with Crippen molar-refractivity contribution in [3.63, 3.8) is 0 Å². The molecule has 0 unspecified atom stereocenters. The van der Waals surface area contributed by atoms with Crippen LogP contribution in [0.1, 0.15) is 84.0 Å². The van der Waals surface area contributed by atoms with Gasteiger partial charge in [0.2, 0.25) is 5.91 Å². The van der Waals surface area contributed by atoms with Crippen molar-refractivity contribution in [1.82, 2.24) is 10.2 Å². The van der Waals surface area contributed by atoms with E-state index in [4.69, 9.17) is 0 Å². The minimum absolute atomic E-state index is 0.271. The van der Waals surface area contributed by atoms with Gasteiger partial charge in [-0.15, -0.1) is 0 Å². The summed E-state index contributed by atoms with van der Waals surface area (Å²) in [4.78, 5) is 14.2. The Morgan fingerprint density at radius 3 is 2.05 bits per heavy atom. The molecule has 3 heteroatoms. The fourth-order valence-corrected chi connectivity index (χ4v) is 3.05. The maximum Gasteiger partial charge on any atom is 0.220 e. The Labute approximate surface area is 131 Å². The number of rotatable bonds is 11. The molecule has 3 nitrogen and oxygen atoms in total. The predicted octanol–water partition coefficient (Wildman–Crippen LogP) is 4.12. The second-order valence-electron chi connectivity index (χ2n) is 6.72. The summed E-state index contributed by atoms with van der Waals surface area (Å²) in [6.07, 6.45) is 14.8. The van der Waals surface area contributed by atoms with Crippen molar-refractivity contribution in [3.05, 3.63) is 0 Å². The normalized spacial score (nSPS) is 17.0. The zero-order chi connectivity index (χ0) is 15.3. The number of amides is 1. The Hall–Kier alpha value is -0.570. The number of nitrogens with one attached hydrogen (secondary N) is 1. The van der Waals surface area contributed by atoms with Gasteiger partial charge in [0.1, 0.15) is 0 Å². The molecule has 0 aromatic rings. The van der Waals surface area contributed by atoms with Crippen molar-refractivity contribution < 1.29 is 4.79 Å². The molecule has 1 aliphatic rings. The zero-order valence-electron chi connectivity index (χ0n) is 14.3. The lowest BCUT2D eigenvalue weighted by atomic mass is 10.0. The monoisotopic (exact) mass is 296 g/mol. The van der Waals surface area contributed by atoms with Crippen LogP contribution in [0.15, 0.2) is 0 Å². The van der Waals surface area contributed by atoms with Crippen molar-refractivity contribution in [2.75, 3.05) is 20.1 Å². The van der Waals surface area contributed by atoms with E-state index in [0.717, 1.165) is 38.8 Å². The maximum atomic E-state index is 11.9. The third-order valence-corrected chi connectivity index (χ3v) is 4.59. The van der Waals surface area contributed by atoms with E-state index in [1.807, 2.05) is 0 Å². The number of unbranched alkanes of at least 4 members (excludes halogenated alkanes) is 8. The van der Waals surface area contributed by atoms with Gasteiger partial charge in [-0.1, -0.05) is 58.3 Å². The molecule has 1 N–H and O–H groups in total. The van der Waals surface area contributed by atoms with Gasteiger partial charge in [0, 0.05) is 12.5 Å². The van der Waals surface area contributed by atoms with E-state index in [1.54, 1.807) is 0 Å². The lowest BCUT2D eigenvalue weighted by Gasteiger charge is -2.29. The van der Waals surface area contributed by atoms with Crippen LogP contribution in [0.2, 0.25) is 0 Å². The van der Waals surface area contributed by atoms with Crippen LogP contribution >= 0.6 is 0 Å². The Morgan fingerprint density at radius 2 is 1.48 bits per heavy atom. The van der Waals surface area contributed by atoms with E-state index in [1.165, 1.54) is 51.4 Å². The third kappa shape index (κ3) is 9.89. The summed E-state index contributed by atoms with van der Waals surface area (Å²) in [6, 6.07) is 0.423. The standard InChI is InChI=1S/C18H36N2O/c1-3-4-5-6-7-8-9-10-11-12-18(21)19-17-13-15-20(2)16-14-17/h17H,3-16H2,1-2H3,(H,19,21). The average Bonchev–Trinajstić information content (AvgIpc) is 2.48. The van der Waals surface area contributed by atoms with Crippen molar-refractivity contribution in [3.8, 4) is 0 Å². The van der Waals surface area contributed by atoms with Crippen LogP contribution in [0.25, 0.3) is 0 Å². The maximum absolute atomic E-state index is 11.9. The number of carbonyl (C=O) groups is 1. The largest absolute Gasteiger partial charge is 0.353 e. The van der Waals surface area contributed by atoms with Crippen LogP contribution in [0.5, 0.6) is 0 Å². The molecule has 1 aliphatic heterocycles. The molecule has 1 saturated heterocycles. The molecule has 0 radical (unpaired) electrons.